The molecule has 1 aliphatic carbocycles. The number of fused-ring (bicyclic) bond motifs is 1. The van der Waals surface area contributed by atoms with E-state index in [-0.39, 0.29) is 5.91 Å². The van der Waals surface area contributed by atoms with Crippen molar-refractivity contribution in [2.45, 2.75) is 51.0 Å². The van der Waals surface area contributed by atoms with Crippen LogP contribution in [0.2, 0.25) is 0 Å². The van der Waals surface area contributed by atoms with Gasteiger partial charge < -0.3 is 10.6 Å². The number of piperidine rings is 1. The Balaban J connectivity index is 1.73. The summed E-state index contributed by atoms with van der Waals surface area (Å²) in [5, 5.41) is 0. The van der Waals surface area contributed by atoms with E-state index in [0.717, 1.165) is 18.5 Å². The van der Waals surface area contributed by atoms with Crippen molar-refractivity contribution in [3.63, 3.8) is 0 Å². The van der Waals surface area contributed by atoms with Crippen molar-refractivity contribution in [2.75, 3.05) is 26.7 Å². The lowest BCUT2D eigenvalue weighted by Gasteiger charge is -2.37. The number of likely N-dealkylation sites (tertiary alicyclic amines) is 1. The first-order valence-corrected chi connectivity index (χ1v) is 8.25. The summed E-state index contributed by atoms with van der Waals surface area (Å²) in [6.07, 6.45) is 8.02. The first kappa shape index (κ1) is 15.7. The molecule has 5 heteroatoms. The highest BCUT2D eigenvalue weighted by Gasteiger charge is 2.34. The molecule has 0 radical (unpaired) electrons. The van der Waals surface area contributed by atoms with Gasteiger partial charge in [0.1, 0.15) is 0 Å². The predicted molar refractivity (Wildman–Crippen MR) is 85.6 cm³/mol. The highest BCUT2D eigenvalue weighted by molar-refractivity contribution is 7.80. The van der Waals surface area contributed by atoms with E-state index in [2.05, 4.69) is 4.90 Å². The Morgan fingerprint density at radius 3 is 2.80 bits per heavy atom. The molecule has 1 amide bonds. The van der Waals surface area contributed by atoms with Gasteiger partial charge in [0.25, 0.3) is 0 Å². The maximum atomic E-state index is 12.1. The van der Waals surface area contributed by atoms with Crippen LogP contribution in [0.4, 0.5) is 0 Å². The quantitative estimate of drug-likeness (QED) is 0.759. The first-order chi connectivity index (χ1) is 9.58. The molecule has 2 fully saturated rings. The molecule has 0 aromatic heterocycles. The number of carbonyl (C=O) groups excluding carboxylic acids is 1. The summed E-state index contributed by atoms with van der Waals surface area (Å²) in [4.78, 5) is 16.9. The lowest BCUT2D eigenvalue weighted by molar-refractivity contribution is -0.130. The first-order valence-electron chi connectivity index (χ1n) is 7.84. The van der Waals surface area contributed by atoms with E-state index in [0.29, 0.717) is 24.4 Å². The minimum absolute atomic E-state index is 0.210. The van der Waals surface area contributed by atoms with Crippen LogP contribution in [0.25, 0.3) is 0 Å². The van der Waals surface area contributed by atoms with Crippen LogP contribution >= 0.6 is 12.2 Å². The molecule has 114 valence electrons. The van der Waals surface area contributed by atoms with Gasteiger partial charge >= 0.3 is 0 Å². The Bertz CT molecular complexity index is 361. The van der Waals surface area contributed by atoms with Crippen LogP contribution in [0.1, 0.15) is 44.9 Å². The Morgan fingerprint density at radius 1 is 1.30 bits per heavy atom. The molecule has 1 heterocycles. The van der Waals surface area contributed by atoms with Gasteiger partial charge in [0.2, 0.25) is 5.91 Å². The SMILES string of the molecule is CN(CCC(N)=S)C(=O)CCN1CCCC2CCCC21. The Kier molecular flexibility index (Phi) is 5.78. The summed E-state index contributed by atoms with van der Waals surface area (Å²) in [7, 11) is 1.84. The third kappa shape index (κ3) is 4.16. The number of hydrogen-bond donors (Lipinski definition) is 1. The maximum Gasteiger partial charge on any atom is 0.223 e. The van der Waals surface area contributed by atoms with Gasteiger partial charge in [0, 0.05) is 39.0 Å². The van der Waals surface area contributed by atoms with Crippen molar-refractivity contribution in [3.8, 4) is 0 Å². The van der Waals surface area contributed by atoms with Gasteiger partial charge in [-0.3, -0.25) is 9.69 Å². The molecular formula is C15H27N3OS. The van der Waals surface area contributed by atoms with Crippen LogP contribution in [0.5, 0.6) is 0 Å². The normalized spacial score (nSPS) is 26.2. The van der Waals surface area contributed by atoms with Crippen LogP contribution < -0.4 is 5.73 Å². The second-order valence-corrected chi connectivity index (χ2v) is 6.74. The van der Waals surface area contributed by atoms with Crippen molar-refractivity contribution in [2.24, 2.45) is 11.7 Å². The number of thiocarbonyl (C=S) groups is 1. The Labute approximate surface area is 127 Å². The molecule has 2 atom stereocenters. The maximum absolute atomic E-state index is 12.1. The molecule has 20 heavy (non-hydrogen) atoms. The average Bonchev–Trinajstić information content (AvgIpc) is 2.90. The molecule has 0 aromatic rings. The van der Waals surface area contributed by atoms with E-state index in [4.69, 9.17) is 18.0 Å². The summed E-state index contributed by atoms with van der Waals surface area (Å²) in [5.41, 5.74) is 5.48. The summed E-state index contributed by atoms with van der Waals surface area (Å²) in [6.45, 7) is 2.72. The predicted octanol–water partition coefficient (Wildman–Crippen LogP) is 1.78. The Hall–Kier alpha value is -0.680. The van der Waals surface area contributed by atoms with Gasteiger partial charge in [0.15, 0.2) is 0 Å². The lowest BCUT2D eigenvalue weighted by Crippen LogP contribution is -2.44. The standard InChI is InChI=1S/C15H27N3OS/c1-17(10-7-14(16)20)15(19)8-11-18-9-3-5-12-4-2-6-13(12)18/h12-13H,2-11H2,1H3,(H2,16,20). The zero-order valence-electron chi connectivity index (χ0n) is 12.5. The smallest absolute Gasteiger partial charge is 0.223 e. The molecule has 2 rings (SSSR count). The third-order valence-corrected chi connectivity index (χ3v) is 5.04. The molecular weight excluding hydrogens is 270 g/mol. The van der Waals surface area contributed by atoms with Crippen molar-refractivity contribution in [3.05, 3.63) is 0 Å². The van der Waals surface area contributed by atoms with Gasteiger partial charge in [-0.05, 0) is 38.1 Å². The lowest BCUT2D eigenvalue weighted by atomic mass is 9.92. The second-order valence-electron chi connectivity index (χ2n) is 6.22. The minimum atomic E-state index is 0.210. The number of amides is 1. The molecule has 2 aliphatic rings. The van der Waals surface area contributed by atoms with E-state index in [1.165, 1.54) is 38.6 Å². The summed E-state index contributed by atoms with van der Waals surface area (Å²) >= 11 is 4.85. The highest BCUT2D eigenvalue weighted by Crippen LogP contribution is 2.36. The zero-order valence-corrected chi connectivity index (χ0v) is 13.3. The summed E-state index contributed by atoms with van der Waals surface area (Å²) in [6, 6.07) is 0.749. The second kappa shape index (κ2) is 7.36. The van der Waals surface area contributed by atoms with Gasteiger partial charge in [-0.1, -0.05) is 18.6 Å². The van der Waals surface area contributed by atoms with Crippen LogP contribution in [0.15, 0.2) is 0 Å². The number of nitrogens with two attached hydrogens (primary N) is 1. The zero-order chi connectivity index (χ0) is 14.5. The van der Waals surface area contributed by atoms with E-state index >= 15 is 0 Å². The fourth-order valence-corrected chi connectivity index (χ4v) is 3.76. The molecule has 2 unspecified atom stereocenters. The van der Waals surface area contributed by atoms with Gasteiger partial charge in [0.05, 0.1) is 4.99 Å². The van der Waals surface area contributed by atoms with Gasteiger partial charge in [-0.15, -0.1) is 0 Å². The monoisotopic (exact) mass is 297 g/mol. The fourth-order valence-electron chi connectivity index (χ4n) is 3.67. The molecule has 0 aromatic carbocycles. The largest absolute Gasteiger partial charge is 0.393 e. The highest BCUT2D eigenvalue weighted by atomic mass is 32.1. The van der Waals surface area contributed by atoms with Crippen molar-refractivity contribution in [1.82, 2.24) is 9.80 Å². The minimum Gasteiger partial charge on any atom is -0.393 e. The molecule has 0 bridgehead atoms. The number of carbonyl (C=O) groups is 1. The topological polar surface area (TPSA) is 49.6 Å². The van der Waals surface area contributed by atoms with Crippen LogP contribution in [0.3, 0.4) is 0 Å². The summed E-state index contributed by atoms with van der Waals surface area (Å²) in [5.74, 6) is 1.10. The van der Waals surface area contributed by atoms with E-state index in [9.17, 15) is 4.79 Å². The molecule has 1 saturated carbocycles. The molecule has 2 N–H and O–H groups in total. The van der Waals surface area contributed by atoms with E-state index in [1.807, 2.05) is 7.05 Å². The van der Waals surface area contributed by atoms with Gasteiger partial charge in [-0.2, -0.15) is 0 Å². The third-order valence-electron chi connectivity index (χ3n) is 4.84. The summed E-state index contributed by atoms with van der Waals surface area (Å²) < 4.78 is 0. The molecule has 0 spiro atoms. The van der Waals surface area contributed by atoms with Crippen LogP contribution in [0, 0.1) is 5.92 Å². The van der Waals surface area contributed by atoms with Crippen LogP contribution in [-0.4, -0.2) is 53.4 Å². The van der Waals surface area contributed by atoms with Gasteiger partial charge in [-0.25, -0.2) is 0 Å². The fraction of sp³-hybridized carbons (Fsp3) is 0.867. The van der Waals surface area contributed by atoms with E-state index in [1.54, 1.807) is 4.90 Å². The molecule has 4 nitrogen and oxygen atoms in total. The number of rotatable bonds is 6. The van der Waals surface area contributed by atoms with Crippen molar-refractivity contribution < 1.29 is 4.79 Å². The van der Waals surface area contributed by atoms with E-state index < -0.39 is 0 Å². The Morgan fingerprint density at radius 2 is 2.05 bits per heavy atom. The average molecular weight is 297 g/mol. The van der Waals surface area contributed by atoms with Crippen LogP contribution in [-0.2, 0) is 4.79 Å². The van der Waals surface area contributed by atoms with Crippen molar-refractivity contribution >= 4 is 23.1 Å². The molecule has 1 aliphatic heterocycles. The number of nitrogens with zero attached hydrogens (tertiary/aromatic N) is 2. The van der Waals surface area contributed by atoms with Crippen molar-refractivity contribution in [1.29, 1.82) is 0 Å². The molecule has 1 saturated heterocycles. The number of hydrogen-bond acceptors (Lipinski definition) is 3.